The normalized spacial score (nSPS) is 11.8. The summed E-state index contributed by atoms with van der Waals surface area (Å²) in [7, 11) is 0. The molecule has 2 aromatic carbocycles. The van der Waals surface area contributed by atoms with Gasteiger partial charge >= 0.3 is 0 Å². The fraction of sp³-hybridized carbons (Fsp3) is 0.217. The third-order valence-electron chi connectivity index (χ3n) is 4.20. The summed E-state index contributed by atoms with van der Waals surface area (Å²) >= 11 is 1.07. The average molecular weight is 400 g/mol. The molecule has 0 N–H and O–H groups in total. The first-order chi connectivity index (χ1) is 13.6. The molecule has 0 atom stereocenters. The van der Waals surface area contributed by atoms with E-state index in [-0.39, 0.29) is 4.91 Å². The summed E-state index contributed by atoms with van der Waals surface area (Å²) in [6.45, 7) is 2.29. The number of ether oxygens (including phenoxy) is 1. The molecule has 0 fully saturated rings. The number of hydrogen-bond donors (Lipinski definition) is 0. The molecule has 0 saturated carbocycles. The van der Waals surface area contributed by atoms with Crippen LogP contribution >= 0.6 is 11.8 Å². The third-order valence-corrected chi connectivity index (χ3v) is 5.43. The van der Waals surface area contributed by atoms with Gasteiger partial charge in [-0.15, -0.1) is 0 Å². The van der Waals surface area contributed by atoms with Gasteiger partial charge in [0.1, 0.15) is 18.1 Å². The first-order valence-electron chi connectivity index (χ1n) is 9.07. The summed E-state index contributed by atoms with van der Waals surface area (Å²) < 4.78 is 37.5. The summed E-state index contributed by atoms with van der Waals surface area (Å²) in [5, 5.41) is 0. The van der Waals surface area contributed by atoms with Crippen molar-refractivity contribution >= 4 is 11.8 Å². The number of thioether (sulfide) groups is 1. The lowest BCUT2D eigenvalue weighted by Crippen LogP contribution is -1.95. The van der Waals surface area contributed by atoms with E-state index in [1.54, 1.807) is 19.1 Å². The van der Waals surface area contributed by atoms with Crippen LogP contribution in [0.5, 0.6) is 5.75 Å². The molecular weight excluding hydrogens is 378 g/mol. The Hall–Kier alpha value is -2.53. The van der Waals surface area contributed by atoms with E-state index in [2.05, 4.69) is 0 Å². The van der Waals surface area contributed by atoms with Crippen LogP contribution in [0.4, 0.5) is 8.78 Å². The van der Waals surface area contributed by atoms with Crippen molar-refractivity contribution in [1.29, 1.82) is 0 Å². The van der Waals surface area contributed by atoms with Crippen molar-refractivity contribution in [3.05, 3.63) is 94.8 Å². The van der Waals surface area contributed by atoms with Crippen LogP contribution in [0, 0.1) is 6.92 Å². The van der Waals surface area contributed by atoms with Crippen molar-refractivity contribution in [3.8, 4) is 5.75 Å². The molecule has 0 unspecified atom stereocenters. The molecule has 2 nitrogen and oxygen atoms in total. The van der Waals surface area contributed by atoms with Crippen LogP contribution in [0.15, 0.2) is 87.2 Å². The number of alkyl halides is 2. The Labute approximate surface area is 168 Å². The van der Waals surface area contributed by atoms with Crippen LogP contribution in [0.1, 0.15) is 23.3 Å². The van der Waals surface area contributed by atoms with Gasteiger partial charge in [0, 0.05) is 0 Å². The Kier molecular flexibility index (Phi) is 7.31. The molecule has 0 spiro atoms. The first kappa shape index (κ1) is 20.2. The molecule has 0 aliphatic heterocycles. The van der Waals surface area contributed by atoms with E-state index < -0.39 is 6.43 Å². The summed E-state index contributed by atoms with van der Waals surface area (Å²) in [5.41, 5.74) is 2.20. The zero-order chi connectivity index (χ0) is 19.8. The second kappa shape index (κ2) is 10.1. The zero-order valence-corrected chi connectivity index (χ0v) is 16.4. The van der Waals surface area contributed by atoms with E-state index in [0.29, 0.717) is 25.2 Å². The van der Waals surface area contributed by atoms with Crippen LogP contribution < -0.4 is 4.74 Å². The van der Waals surface area contributed by atoms with Crippen molar-refractivity contribution in [2.45, 2.75) is 37.7 Å². The highest BCUT2D eigenvalue weighted by Gasteiger charge is 2.14. The predicted octanol–water partition coefficient (Wildman–Crippen LogP) is 7.04. The molecule has 1 heterocycles. The van der Waals surface area contributed by atoms with Crippen molar-refractivity contribution in [1.82, 2.24) is 0 Å². The Morgan fingerprint density at radius 1 is 1.04 bits per heavy atom. The van der Waals surface area contributed by atoms with Crippen molar-refractivity contribution in [2.75, 3.05) is 0 Å². The van der Waals surface area contributed by atoms with E-state index >= 15 is 0 Å². The number of aryl methyl sites for hydroxylation is 2. The fourth-order valence-electron chi connectivity index (χ4n) is 2.66. The zero-order valence-electron chi connectivity index (χ0n) is 15.6. The molecule has 28 heavy (non-hydrogen) atoms. The summed E-state index contributed by atoms with van der Waals surface area (Å²) in [6.07, 6.45) is 1.88. The topological polar surface area (TPSA) is 22.4 Å². The molecule has 0 radical (unpaired) electrons. The molecule has 146 valence electrons. The molecule has 0 aliphatic carbocycles. The number of rotatable bonds is 9. The van der Waals surface area contributed by atoms with Gasteiger partial charge in [-0.25, -0.2) is 8.78 Å². The molecule has 5 heteroatoms. The van der Waals surface area contributed by atoms with Gasteiger partial charge in [0.2, 0.25) is 0 Å². The second-order valence-electron chi connectivity index (χ2n) is 6.31. The van der Waals surface area contributed by atoms with E-state index in [4.69, 9.17) is 9.15 Å². The third kappa shape index (κ3) is 5.99. The molecule has 0 amide bonds. The Morgan fingerprint density at radius 2 is 1.79 bits per heavy atom. The number of hydrogen-bond acceptors (Lipinski definition) is 3. The highest BCUT2D eigenvalue weighted by Crippen LogP contribution is 2.34. The van der Waals surface area contributed by atoms with Gasteiger partial charge in [-0.05, 0) is 49.1 Å². The number of allylic oxidation sites excluding steroid dienone is 2. The smallest absolute Gasteiger partial charge is 0.269 e. The molecule has 1 aromatic heterocycles. The van der Waals surface area contributed by atoms with Crippen LogP contribution in [-0.2, 0) is 13.0 Å². The highest BCUT2D eigenvalue weighted by atomic mass is 32.2. The standard InChI is InChI=1S/C23H22F2O2S/c1-17-21(14-15-26-17)28-22(23(24)25)9-5-8-18-10-12-20(13-11-18)27-16-19-6-3-2-4-7-19/h2-4,6-7,9-15,23H,5,8,16H2,1H3/b22-9-. The second-order valence-corrected chi connectivity index (χ2v) is 7.42. The molecule has 0 bridgehead atoms. The van der Waals surface area contributed by atoms with E-state index in [1.165, 1.54) is 6.26 Å². The fourth-order valence-corrected chi connectivity index (χ4v) is 3.52. The minimum Gasteiger partial charge on any atom is -0.489 e. The average Bonchev–Trinajstić information content (AvgIpc) is 3.12. The van der Waals surface area contributed by atoms with Gasteiger partial charge in [0.25, 0.3) is 6.43 Å². The lowest BCUT2D eigenvalue weighted by Gasteiger charge is -2.08. The van der Waals surface area contributed by atoms with Crippen LogP contribution in [0.25, 0.3) is 0 Å². The first-order valence-corrected chi connectivity index (χ1v) is 9.89. The number of furan rings is 1. The van der Waals surface area contributed by atoms with Gasteiger partial charge in [-0.3, -0.25) is 0 Å². The Bertz CT molecular complexity index is 886. The van der Waals surface area contributed by atoms with E-state index in [9.17, 15) is 8.78 Å². The van der Waals surface area contributed by atoms with Crippen molar-refractivity contribution < 1.29 is 17.9 Å². The number of halogens is 2. The minimum absolute atomic E-state index is 0.0623. The van der Waals surface area contributed by atoms with Gasteiger partial charge in [0.05, 0.1) is 16.1 Å². The van der Waals surface area contributed by atoms with Crippen LogP contribution in [-0.4, -0.2) is 6.43 Å². The minimum atomic E-state index is -2.49. The maximum absolute atomic E-state index is 13.3. The molecular formula is C23H22F2O2S. The van der Waals surface area contributed by atoms with Crippen molar-refractivity contribution in [2.24, 2.45) is 0 Å². The Balaban J connectivity index is 1.51. The van der Waals surface area contributed by atoms with Gasteiger partial charge in [-0.2, -0.15) is 0 Å². The molecule has 0 saturated heterocycles. The highest BCUT2D eigenvalue weighted by molar-refractivity contribution is 8.03. The summed E-state index contributed by atoms with van der Waals surface area (Å²) in [4.78, 5) is 0.791. The van der Waals surface area contributed by atoms with E-state index in [1.807, 2.05) is 54.6 Å². The SMILES string of the molecule is Cc1occc1S/C(=C\CCc1ccc(OCc2ccccc2)cc1)C(F)F. The van der Waals surface area contributed by atoms with Gasteiger partial charge in [0.15, 0.2) is 0 Å². The number of benzene rings is 2. The lowest BCUT2D eigenvalue weighted by atomic mass is 10.1. The molecule has 0 aliphatic rings. The molecule has 3 aromatic rings. The summed E-state index contributed by atoms with van der Waals surface area (Å²) in [5.74, 6) is 1.45. The Morgan fingerprint density at radius 3 is 2.43 bits per heavy atom. The van der Waals surface area contributed by atoms with Crippen molar-refractivity contribution in [3.63, 3.8) is 0 Å². The van der Waals surface area contributed by atoms with Gasteiger partial charge < -0.3 is 9.15 Å². The summed E-state index contributed by atoms with van der Waals surface area (Å²) in [6, 6.07) is 19.5. The van der Waals surface area contributed by atoms with Crippen LogP contribution in [0.3, 0.4) is 0 Å². The quantitative estimate of drug-likeness (QED) is 0.360. The maximum atomic E-state index is 13.3. The van der Waals surface area contributed by atoms with E-state index in [0.717, 1.165) is 33.5 Å². The predicted molar refractivity (Wildman–Crippen MR) is 109 cm³/mol. The molecule has 3 rings (SSSR count). The maximum Gasteiger partial charge on any atom is 0.269 e. The van der Waals surface area contributed by atoms with Crippen LogP contribution in [0.2, 0.25) is 0 Å². The lowest BCUT2D eigenvalue weighted by molar-refractivity contribution is 0.199. The monoisotopic (exact) mass is 400 g/mol. The van der Waals surface area contributed by atoms with Gasteiger partial charge in [-0.1, -0.05) is 60.3 Å². The largest absolute Gasteiger partial charge is 0.489 e.